The summed E-state index contributed by atoms with van der Waals surface area (Å²) in [7, 11) is 0. The van der Waals surface area contributed by atoms with Gasteiger partial charge in [-0.3, -0.25) is 9.97 Å². The van der Waals surface area contributed by atoms with Crippen molar-refractivity contribution in [3.63, 3.8) is 0 Å². The van der Waals surface area contributed by atoms with Crippen LogP contribution in [-0.2, 0) is 6.42 Å². The minimum absolute atomic E-state index is 0.928. The van der Waals surface area contributed by atoms with Crippen LogP contribution < -0.4 is 0 Å². The molecule has 0 N–H and O–H groups in total. The number of pyridine rings is 2. The van der Waals surface area contributed by atoms with Gasteiger partial charge in [0.15, 0.2) is 0 Å². The predicted octanol–water partition coefficient (Wildman–Crippen LogP) is 2.73. The molecule has 0 bridgehead atoms. The van der Waals surface area contributed by atoms with E-state index in [1.165, 1.54) is 5.56 Å². The van der Waals surface area contributed by atoms with Crippen molar-refractivity contribution in [1.29, 1.82) is 0 Å². The molecule has 0 aliphatic carbocycles. The van der Waals surface area contributed by atoms with Gasteiger partial charge in [-0.05, 0) is 35.7 Å². The Balaban J connectivity index is 1.97. The number of hydrogen-bond donors (Lipinski definition) is 0. The van der Waals surface area contributed by atoms with Gasteiger partial charge in [-0.15, -0.1) is 0 Å². The summed E-state index contributed by atoms with van der Waals surface area (Å²) in [5.41, 5.74) is 2.40. The lowest BCUT2D eigenvalue weighted by molar-refractivity contribution is 1.21. The van der Waals surface area contributed by atoms with Crippen molar-refractivity contribution in [1.82, 2.24) is 9.97 Å². The van der Waals surface area contributed by atoms with Crippen molar-refractivity contribution < 1.29 is 0 Å². The molecule has 2 aromatic heterocycles. The van der Waals surface area contributed by atoms with Crippen LogP contribution in [0.4, 0.5) is 0 Å². The van der Waals surface area contributed by atoms with Gasteiger partial charge >= 0.3 is 0 Å². The van der Waals surface area contributed by atoms with Gasteiger partial charge in [-0.25, -0.2) is 0 Å². The summed E-state index contributed by atoms with van der Waals surface area (Å²) < 4.78 is 0. The van der Waals surface area contributed by atoms with Crippen LogP contribution in [0.3, 0.4) is 0 Å². The molecular formula is C13H12N2. The first kappa shape index (κ1) is 9.59. The van der Waals surface area contributed by atoms with E-state index < -0.39 is 0 Å². The maximum absolute atomic E-state index is 4.05. The smallest absolute Gasteiger partial charge is 0.0340 e. The van der Waals surface area contributed by atoms with Gasteiger partial charge in [0.2, 0.25) is 0 Å². The number of rotatable bonds is 3. The minimum Gasteiger partial charge on any atom is -0.265 e. The van der Waals surface area contributed by atoms with Gasteiger partial charge in [0.25, 0.3) is 0 Å². The molecule has 2 heterocycles. The van der Waals surface area contributed by atoms with Crippen LogP contribution in [-0.4, -0.2) is 9.97 Å². The van der Waals surface area contributed by atoms with E-state index in [0.717, 1.165) is 12.0 Å². The Hall–Kier alpha value is -1.96. The zero-order chi connectivity index (χ0) is 10.3. The van der Waals surface area contributed by atoms with Crippen LogP contribution in [0.1, 0.15) is 11.1 Å². The first-order valence-corrected chi connectivity index (χ1v) is 4.90. The molecule has 0 amide bonds. The van der Waals surface area contributed by atoms with Gasteiger partial charge in [0, 0.05) is 24.8 Å². The lowest BCUT2D eigenvalue weighted by Gasteiger charge is -1.94. The summed E-state index contributed by atoms with van der Waals surface area (Å²) >= 11 is 0. The second kappa shape index (κ2) is 5.05. The molecule has 0 radical (unpaired) electrons. The Morgan fingerprint density at radius 1 is 1.00 bits per heavy atom. The zero-order valence-corrected chi connectivity index (χ0v) is 8.38. The predicted molar refractivity (Wildman–Crippen MR) is 61.2 cm³/mol. The van der Waals surface area contributed by atoms with E-state index in [4.69, 9.17) is 0 Å². The minimum atomic E-state index is 0.928. The molecule has 0 aliphatic heterocycles. The fourth-order valence-electron chi connectivity index (χ4n) is 1.32. The van der Waals surface area contributed by atoms with E-state index in [-0.39, 0.29) is 0 Å². The zero-order valence-electron chi connectivity index (χ0n) is 8.38. The molecule has 15 heavy (non-hydrogen) atoms. The number of hydrogen-bond acceptors (Lipinski definition) is 2. The van der Waals surface area contributed by atoms with E-state index >= 15 is 0 Å². The molecule has 0 saturated carbocycles. The van der Waals surface area contributed by atoms with E-state index in [0.29, 0.717) is 0 Å². The van der Waals surface area contributed by atoms with Crippen molar-refractivity contribution in [2.24, 2.45) is 0 Å². The highest BCUT2D eigenvalue weighted by atomic mass is 14.6. The first-order valence-electron chi connectivity index (χ1n) is 4.90. The summed E-state index contributed by atoms with van der Waals surface area (Å²) in [6.07, 6.45) is 12.4. The largest absolute Gasteiger partial charge is 0.265 e. The number of allylic oxidation sites excluding steroid dienone is 1. The van der Waals surface area contributed by atoms with E-state index in [2.05, 4.69) is 22.1 Å². The molecular weight excluding hydrogens is 184 g/mol. The third-order valence-electron chi connectivity index (χ3n) is 2.10. The summed E-state index contributed by atoms with van der Waals surface area (Å²) in [5.74, 6) is 0. The standard InChI is InChI=1S/C13H12N2/c1(3-12-6-9-14-10-7-12)4-13-5-2-8-15-11-13/h1-2,4-11H,3H2. The Morgan fingerprint density at radius 2 is 1.87 bits per heavy atom. The van der Waals surface area contributed by atoms with Crippen LogP contribution in [0.25, 0.3) is 6.08 Å². The van der Waals surface area contributed by atoms with Gasteiger partial charge in [-0.2, -0.15) is 0 Å². The topological polar surface area (TPSA) is 25.8 Å². The average Bonchev–Trinajstić information content (AvgIpc) is 2.32. The molecule has 2 aromatic rings. The Bertz CT molecular complexity index is 421. The second-order valence-corrected chi connectivity index (χ2v) is 3.25. The van der Waals surface area contributed by atoms with Crippen LogP contribution in [0.15, 0.2) is 55.1 Å². The lowest BCUT2D eigenvalue weighted by atomic mass is 10.1. The molecule has 0 aliphatic rings. The molecule has 2 rings (SSSR count). The van der Waals surface area contributed by atoms with Gasteiger partial charge < -0.3 is 0 Å². The average molecular weight is 196 g/mol. The Morgan fingerprint density at radius 3 is 2.60 bits per heavy atom. The van der Waals surface area contributed by atoms with Gasteiger partial charge in [0.05, 0.1) is 0 Å². The van der Waals surface area contributed by atoms with Crippen molar-refractivity contribution >= 4 is 6.08 Å². The third-order valence-corrected chi connectivity index (χ3v) is 2.10. The Labute approximate surface area is 89.3 Å². The van der Waals surface area contributed by atoms with Crippen LogP contribution in [0.2, 0.25) is 0 Å². The maximum Gasteiger partial charge on any atom is 0.0340 e. The van der Waals surface area contributed by atoms with Crippen molar-refractivity contribution in [2.75, 3.05) is 0 Å². The highest BCUT2D eigenvalue weighted by Crippen LogP contribution is 2.02. The molecule has 74 valence electrons. The number of aromatic nitrogens is 2. The molecule has 2 nitrogen and oxygen atoms in total. The monoisotopic (exact) mass is 196 g/mol. The fourth-order valence-corrected chi connectivity index (χ4v) is 1.32. The molecule has 0 unspecified atom stereocenters. The number of nitrogens with zero attached hydrogens (tertiary/aromatic N) is 2. The second-order valence-electron chi connectivity index (χ2n) is 3.25. The van der Waals surface area contributed by atoms with Gasteiger partial charge in [-0.1, -0.05) is 18.2 Å². The molecule has 0 fully saturated rings. The van der Waals surface area contributed by atoms with Crippen molar-refractivity contribution in [2.45, 2.75) is 6.42 Å². The first-order chi connectivity index (χ1) is 7.45. The molecule has 2 heteroatoms. The van der Waals surface area contributed by atoms with E-state index in [1.54, 1.807) is 6.20 Å². The molecule has 0 aromatic carbocycles. The van der Waals surface area contributed by atoms with E-state index in [9.17, 15) is 0 Å². The van der Waals surface area contributed by atoms with Crippen LogP contribution >= 0.6 is 0 Å². The summed E-state index contributed by atoms with van der Waals surface area (Å²) in [6.45, 7) is 0. The summed E-state index contributed by atoms with van der Waals surface area (Å²) in [4.78, 5) is 8.03. The lowest BCUT2D eigenvalue weighted by Crippen LogP contribution is -1.80. The molecule has 0 saturated heterocycles. The Kier molecular flexibility index (Phi) is 3.23. The normalized spacial score (nSPS) is 10.7. The van der Waals surface area contributed by atoms with Crippen LogP contribution in [0, 0.1) is 0 Å². The fraction of sp³-hybridized carbons (Fsp3) is 0.0769. The summed E-state index contributed by atoms with van der Waals surface area (Å²) in [5, 5.41) is 0. The van der Waals surface area contributed by atoms with Crippen molar-refractivity contribution in [3.05, 3.63) is 66.3 Å². The maximum atomic E-state index is 4.05. The van der Waals surface area contributed by atoms with Gasteiger partial charge in [0.1, 0.15) is 0 Å². The molecule has 0 spiro atoms. The SMILES string of the molecule is C(=Cc1cccnc1)Cc1ccncc1. The quantitative estimate of drug-likeness (QED) is 0.754. The summed E-state index contributed by atoms with van der Waals surface area (Å²) in [6, 6.07) is 8.02. The van der Waals surface area contributed by atoms with Crippen molar-refractivity contribution in [3.8, 4) is 0 Å². The highest BCUT2D eigenvalue weighted by Gasteiger charge is 1.87. The third kappa shape index (κ3) is 3.02. The molecule has 0 atom stereocenters. The van der Waals surface area contributed by atoms with E-state index in [1.807, 2.05) is 42.9 Å². The highest BCUT2D eigenvalue weighted by molar-refractivity contribution is 5.47. The van der Waals surface area contributed by atoms with Crippen LogP contribution in [0.5, 0.6) is 0 Å².